The highest BCUT2D eigenvalue weighted by Crippen LogP contribution is 2.30. The second kappa shape index (κ2) is 10.8. The molecule has 9 heteroatoms. The molecule has 2 aromatic rings. The second-order valence-corrected chi connectivity index (χ2v) is 8.48. The van der Waals surface area contributed by atoms with Crippen molar-refractivity contribution >= 4 is 63.7 Å². The number of hydrogen-bond acceptors (Lipinski definition) is 4. The summed E-state index contributed by atoms with van der Waals surface area (Å²) in [6, 6.07) is 12.1. The van der Waals surface area contributed by atoms with Crippen LogP contribution in [0.5, 0.6) is 0 Å². The number of rotatable bonds is 5. The first-order valence-corrected chi connectivity index (χ1v) is 11.2. The summed E-state index contributed by atoms with van der Waals surface area (Å²) in [4.78, 5) is 28.7. The van der Waals surface area contributed by atoms with Gasteiger partial charge >= 0.3 is 0 Å². The van der Waals surface area contributed by atoms with Gasteiger partial charge in [0.1, 0.15) is 0 Å². The summed E-state index contributed by atoms with van der Waals surface area (Å²) < 4.78 is 0. The van der Waals surface area contributed by atoms with Gasteiger partial charge in [-0.1, -0.05) is 36.2 Å². The molecule has 6 nitrogen and oxygen atoms in total. The Balaban J connectivity index is 1.67. The Labute approximate surface area is 197 Å². The van der Waals surface area contributed by atoms with Crippen LogP contribution in [0.1, 0.15) is 30.1 Å². The quantitative estimate of drug-likeness (QED) is 0.616. The topological polar surface area (TPSA) is 64.7 Å². The molecule has 2 aromatic carbocycles. The number of thiocarbonyl (C=S) groups is 1. The molecule has 0 bridgehead atoms. The zero-order valence-electron chi connectivity index (χ0n) is 17.2. The van der Waals surface area contributed by atoms with E-state index in [1.54, 1.807) is 30.3 Å². The molecule has 0 atom stereocenters. The number of nitrogens with one attached hydrogen (secondary N) is 2. The van der Waals surface area contributed by atoms with Crippen molar-refractivity contribution in [2.75, 3.05) is 36.4 Å². The van der Waals surface area contributed by atoms with Gasteiger partial charge in [-0.05, 0) is 55.0 Å². The molecule has 0 spiro atoms. The summed E-state index contributed by atoms with van der Waals surface area (Å²) in [6.45, 7) is 4.74. The van der Waals surface area contributed by atoms with Crippen molar-refractivity contribution in [1.82, 2.24) is 10.2 Å². The van der Waals surface area contributed by atoms with E-state index in [0.29, 0.717) is 53.9 Å². The molecule has 0 radical (unpaired) electrons. The zero-order chi connectivity index (χ0) is 22.4. The summed E-state index contributed by atoms with van der Waals surface area (Å²) in [7, 11) is 0. The minimum atomic E-state index is -0.355. The average molecular weight is 479 g/mol. The van der Waals surface area contributed by atoms with Crippen molar-refractivity contribution in [2.24, 2.45) is 0 Å². The molecule has 1 fully saturated rings. The number of anilines is 2. The number of benzene rings is 2. The van der Waals surface area contributed by atoms with Crippen molar-refractivity contribution in [2.45, 2.75) is 19.8 Å². The lowest BCUT2D eigenvalue weighted by Crippen LogP contribution is -2.49. The number of hydrogen-bond donors (Lipinski definition) is 2. The Bertz CT molecular complexity index is 978. The van der Waals surface area contributed by atoms with Gasteiger partial charge in [-0.3, -0.25) is 14.9 Å². The number of piperazine rings is 1. The molecule has 2 amide bonds. The van der Waals surface area contributed by atoms with E-state index in [4.69, 9.17) is 35.4 Å². The lowest BCUT2D eigenvalue weighted by atomic mass is 10.2. The normalized spacial score (nSPS) is 13.6. The van der Waals surface area contributed by atoms with E-state index < -0.39 is 0 Å². The van der Waals surface area contributed by atoms with Crippen LogP contribution in [-0.2, 0) is 4.79 Å². The molecular formula is C22H24Cl2N4O2S. The van der Waals surface area contributed by atoms with Crippen molar-refractivity contribution < 1.29 is 9.59 Å². The van der Waals surface area contributed by atoms with Gasteiger partial charge in [-0.2, -0.15) is 0 Å². The lowest BCUT2D eigenvalue weighted by Gasteiger charge is -2.37. The highest BCUT2D eigenvalue weighted by molar-refractivity contribution is 7.80. The van der Waals surface area contributed by atoms with Crippen LogP contribution in [-0.4, -0.2) is 48.0 Å². The van der Waals surface area contributed by atoms with Crippen LogP contribution in [0.25, 0.3) is 0 Å². The van der Waals surface area contributed by atoms with Crippen molar-refractivity contribution in [3.63, 3.8) is 0 Å². The van der Waals surface area contributed by atoms with Gasteiger partial charge < -0.3 is 15.1 Å². The van der Waals surface area contributed by atoms with Crippen LogP contribution in [0.4, 0.5) is 11.4 Å². The van der Waals surface area contributed by atoms with Crippen LogP contribution in [0.15, 0.2) is 42.5 Å². The first-order chi connectivity index (χ1) is 14.9. The summed E-state index contributed by atoms with van der Waals surface area (Å²) in [5.74, 6) is -0.159. The third kappa shape index (κ3) is 6.32. The fourth-order valence-corrected chi connectivity index (χ4v) is 3.98. The number of halogens is 2. The molecule has 2 N–H and O–H groups in total. The Hall–Kier alpha value is -2.35. The van der Waals surface area contributed by atoms with Crippen LogP contribution in [0, 0.1) is 0 Å². The largest absolute Gasteiger partial charge is 0.366 e. The first-order valence-electron chi connectivity index (χ1n) is 10.1. The predicted molar refractivity (Wildman–Crippen MR) is 130 cm³/mol. The number of nitrogens with zero attached hydrogens (tertiary/aromatic N) is 2. The van der Waals surface area contributed by atoms with Gasteiger partial charge in [0.25, 0.3) is 5.91 Å². The average Bonchev–Trinajstić information content (AvgIpc) is 2.74. The van der Waals surface area contributed by atoms with E-state index >= 15 is 0 Å². The molecule has 1 aliphatic rings. The SMILES string of the molecule is CCCC(=O)N1CCN(c2ccc(Cl)cc2NC(=S)NC(=O)c2cccc(Cl)c2)CC1. The summed E-state index contributed by atoms with van der Waals surface area (Å²) in [5, 5.41) is 6.92. The van der Waals surface area contributed by atoms with Gasteiger partial charge in [-0.15, -0.1) is 0 Å². The van der Waals surface area contributed by atoms with Crippen molar-refractivity contribution in [1.29, 1.82) is 0 Å². The monoisotopic (exact) mass is 478 g/mol. The van der Waals surface area contributed by atoms with Crippen LogP contribution in [0.2, 0.25) is 10.0 Å². The summed E-state index contributed by atoms with van der Waals surface area (Å²) >= 11 is 17.5. The molecule has 0 aliphatic carbocycles. The van der Waals surface area contributed by atoms with E-state index in [9.17, 15) is 9.59 Å². The number of amides is 2. The van der Waals surface area contributed by atoms with Gasteiger partial charge in [0.2, 0.25) is 5.91 Å². The molecule has 0 aromatic heterocycles. The highest BCUT2D eigenvalue weighted by atomic mass is 35.5. The molecule has 0 saturated carbocycles. The molecule has 3 rings (SSSR count). The van der Waals surface area contributed by atoms with E-state index in [2.05, 4.69) is 15.5 Å². The summed E-state index contributed by atoms with van der Waals surface area (Å²) in [6.07, 6.45) is 1.43. The third-order valence-electron chi connectivity index (χ3n) is 4.96. The lowest BCUT2D eigenvalue weighted by molar-refractivity contribution is -0.131. The van der Waals surface area contributed by atoms with Gasteiger partial charge in [0.15, 0.2) is 5.11 Å². The maximum absolute atomic E-state index is 12.4. The van der Waals surface area contributed by atoms with E-state index in [1.807, 2.05) is 24.0 Å². The smallest absolute Gasteiger partial charge is 0.257 e. The third-order valence-corrected chi connectivity index (χ3v) is 5.63. The van der Waals surface area contributed by atoms with Gasteiger partial charge in [0, 0.05) is 48.2 Å². The fourth-order valence-electron chi connectivity index (χ4n) is 3.41. The molecule has 1 aliphatic heterocycles. The Kier molecular flexibility index (Phi) is 8.12. The molecule has 31 heavy (non-hydrogen) atoms. The maximum Gasteiger partial charge on any atom is 0.257 e. The zero-order valence-corrected chi connectivity index (χ0v) is 19.5. The highest BCUT2D eigenvalue weighted by Gasteiger charge is 2.22. The standard InChI is InChI=1S/C22H24Cl2N4O2S/c1-2-4-20(29)28-11-9-27(10-12-28)19-8-7-17(24)14-18(19)25-22(31)26-21(30)15-5-3-6-16(23)13-15/h3,5-8,13-14H,2,4,9-12H2,1H3,(H2,25,26,30,31). The predicted octanol–water partition coefficient (Wildman–Crippen LogP) is 4.57. The van der Waals surface area contributed by atoms with Gasteiger partial charge in [0.05, 0.1) is 11.4 Å². The Morgan fingerprint density at radius 1 is 1.03 bits per heavy atom. The van der Waals surface area contributed by atoms with Crippen LogP contribution >= 0.6 is 35.4 Å². The molecule has 0 unspecified atom stereocenters. The molecule has 1 heterocycles. The van der Waals surface area contributed by atoms with E-state index in [1.165, 1.54) is 0 Å². The molecule has 1 saturated heterocycles. The first kappa shape index (κ1) is 23.3. The minimum Gasteiger partial charge on any atom is -0.366 e. The van der Waals surface area contributed by atoms with Crippen LogP contribution < -0.4 is 15.5 Å². The van der Waals surface area contributed by atoms with Crippen molar-refractivity contribution in [3.8, 4) is 0 Å². The molecule has 164 valence electrons. The Morgan fingerprint density at radius 3 is 2.42 bits per heavy atom. The van der Waals surface area contributed by atoms with Crippen LogP contribution in [0.3, 0.4) is 0 Å². The van der Waals surface area contributed by atoms with Gasteiger partial charge in [-0.25, -0.2) is 0 Å². The minimum absolute atomic E-state index is 0.158. The second-order valence-electron chi connectivity index (χ2n) is 7.20. The van der Waals surface area contributed by atoms with E-state index in [0.717, 1.165) is 12.1 Å². The number of carbonyl (C=O) groups excluding carboxylic acids is 2. The fraction of sp³-hybridized carbons (Fsp3) is 0.318. The number of carbonyl (C=O) groups is 2. The van der Waals surface area contributed by atoms with E-state index in [-0.39, 0.29) is 16.9 Å². The van der Waals surface area contributed by atoms with Crippen molar-refractivity contribution in [3.05, 3.63) is 58.1 Å². The Morgan fingerprint density at radius 2 is 1.74 bits per heavy atom. The molecular weight excluding hydrogens is 455 g/mol. The summed E-state index contributed by atoms with van der Waals surface area (Å²) in [5.41, 5.74) is 2.01. The maximum atomic E-state index is 12.4.